The summed E-state index contributed by atoms with van der Waals surface area (Å²) in [5.74, 6) is 0.189. The van der Waals surface area contributed by atoms with Gasteiger partial charge in [0.1, 0.15) is 5.56 Å². The molecule has 0 saturated heterocycles. The Hall–Kier alpha value is -2.56. The fourth-order valence-electron chi connectivity index (χ4n) is 2.15. The number of hydrogen-bond acceptors (Lipinski definition) is 4. The zero-order chi connectivity index (χ0) is 15.8. The summed E-state index contributed by atoms with van der Waals surface area (Å²) in [6.45, 7) is 1.47. The highest BCUT2D eigenvalue weighted by Gasteiger charge is 2.11. The Balaban J connectivity index is 1.78. The summed E-state index contributed by atoms with van der Waals surface area (Å²) < 4.78 is 5.09. The van der Waals surface area contributed by atoms with Gasteiger partial charge < -0.3 is 15.0 Å². The third-order valence-electron chi connectivity index (χ3n) is 3.36. The minimum absolute atomic E-state index is 0.160. The molecule has 0 fully saturated rings. The molecular formula is C17H21N3O2. The molecular weight excluding hydrogens is 278 g/mol. The van der Waals surface area contributed by atoms with Gasteiger partial charge in [-0.25, -0.2) is 4.98 Å². The number of anilines is 1. The second-order valence-electron chi connectivity index (χ2n) is 4.93. The molecule has 116 valence electrons. The van der Waals surface area contributed by atoms with Crippen LogP contribution < -0.4 is 15.0 Å². The number of aromatic nitrogens is 1. The topological polar surface area (TPSA) is 54.5 Å². The first-order valence-corrected chi connectivity index (χ1v) is 7.25. The lowest BCUT2D eigenvalue weighted by Gasteiger charge is -2.19. The van der Waals surface area contributed by atoms with Crippen LogP contribution in [0.4, 0.5) is 5.69 Å². The first-order chi connectivity index (χ1) is 10.7. The Bertz CT molecular complexity index is 602. The maximum atomic E-state index is 12.1. The van der Waals surface area contributed by atoms with Crippen molar-refractivity contribution < 1.29 is 9.53 Å². The van der Waals surface area contributed by atoms with Crippen LogP contribution in [-0.4, -0.2) is 38.1 Å². The summed E-state index contributed by atoms with van der Waals surface area (Å²) in [5.41, 5.74) is 1.63. The summed E-state index contributed by atoms with van der Waals surface area (Å²) in [6, 6.07) is 13.6. The van der Waals surface area contributed by atoms with Gasteiger partial charge in [0.15, 0.2) is 0 Å². The molecule has 0 bridgehead atoms. The van der Waals surface area contributed by atoms with E-state index in [4.69, 9.17) is 4.74 Å². The minimum Gasteiger partial charge on any atom is -0.480 e. The number of methoxy groups -OCH3 is 1. The Labute approximate surface area is 130 Å². The normalized spacial score (nSPS) is 10.1. The summed E-state index contributed by atoms with van der Waals surface area (Å²) in [6.07, 6.45) is 2.46. The number of rotatable bonds is 7. The predicted molar refractivity (Wildman–Crippen MR) is 87.5 cm³/mol. The molecule has 1 aromatic carbocycles. The number of hydrogen-bond donors (Lipinski definition) is 1. The van der Waals surface area contributed by atoms with Crippen LogP contribution in [0.15, 0.2) is 48.7 Å². The highest BCUT2D eigenvalue weighted by molar-refractivity contribution is 5.96. The van der Waals surface area contributed by atoms with Gasteiger partial charge in [-0.05, 0) is 30.7 Å². The molecule has 0 aliphatic heterocycles. The summed E-state index contributed by atoms with van der Waals surface area (Å²) in [5, 5.41) is 2.89. The molecule has 1 N–H and O–H groups in total. The van der Waals surface area contributed by atoms with E-state index < -0.39 is 0 Å². The molecule has 0 aliphatic carbocycles. The molecule has 0 atom stereocenters. The zero-order valence-electron chi connectivity index (χ0n) is 13.0. The van der Waals surface area contributed by atoms with Crippen LogP contribution in [0.5, 0.6) is 5.88 Å². The fourth-order valence-corrected chi connectivity index (χ4v) is 2.15. The van der Waals surface area contributed by atoms with Gasteiger partial charge in [0, 0.05) is 32.0 Å². The van der Waals surface area contributed by atoms with Crippen molar-refractivity contribution in [3.63, 3.8) is 0 Å². The Morgan fingerprint density at radius 1 is 1.23 bits per heavy atom. The third kappa shape index (κ3) is 4.22. The molecule has 0 radical (unpaired) electrons. The average Bonchev–Trinajstić information content (AvgIpc) is 2.59. The molecule has 2 aromatic rings. The standard InChI is InChI=1S/C17H21N3O2/c1-20(14-8-4-3-5-9-14)13-7-12-18-16(21)15-10-6-11-19-17(15)22-2/h3-6,8-11H,7,12-13H2,1-2H3,(H,18,21). The van der Waals surface area contributed by atoms with Crippen molar-refractivity contribution in [2.45, 2.75) is 6.42 Å². The Morgan fingerprint density at radius 2 is 2.00 bits per heavy atom. The van der Waals surface area contributed by atoms with Gasteiger partial charge in [-0.15, -0.1) is 0 Å². The van der Waals surface area contributed by atoms with Crippen molar-refractivity contribution in [3.8, 4) is 5.88 Å². The zero-order valence-corrected chi connectivity index (χ0v) is 13.0. The van der Waals surface area contributed by atoms with Crippen LogP contribution in [0, 0.1) is 0 Å². The third-order valence-corrected chi connectivity index (χ3v) is 3.36. The van der Waals surface area contributed by atoms with Crippen molar-refractivity contribution in [1.29, 1.82) is 0 Å². The van der Waals surface area contributed by atoms with Crippen molar-refractivity contribution in [3.05, 3.63) is 54.2 Å². The maximum absolute atomic E-state index is 12.1. The number of nitrogens with zero attached hydrogens (tertiary/aromatic N) is 2. The van der Waals surface area contributed by atoms with Crippen molar-refractivity contribution in [2.75, 3.05) is 32.1 Å². The monoisotopic (exact) mass is 299 g/mol. The van der Waals surface area contributed by atoms with Crippen LogP contribution in [0.1, 0.15) is 16.8 Å². The molecule has 1 heterocycles. The van der Waals surface area contributed by atoms with Gasteiger partial charge in [0.2, 0.25) is 5.88 Å². The van der Waals surface area contributed by atoms with Crippen LogP contribution in [-0.2, 0) is 0 Å². The predicted octanol–water partition coefficient (Wildman–Crippen LogP) is 2.35. The van der Waals surface area contributed by atoms with Crippen LogP contribution in [0.25, 0.3) is 0 Å². The Kier molecular flexibility index (Phi) is 5.77. The quantitative estimate of drug-likeness (QED) is 0.797. The minimum atomic E-state index is -0.160. The van der Waals surface area contributed by atoms with E-state index in [1.54, 1.807) is 18.3 Å². The number of amides is 1. The van der Waals surface area contributed by atoms with Gasteiger partial charge >= 0.3 is 0 Å². The highest BCUT2D eigenvalue weighted by atomic mass is 16.5. The van der Waals surface area contributed by atoms with Crippen LogP contribution in [0.3, 0.4) is 0 Å². The molecule has 1 amide bonds. The van der Waals surface area contributed by atoms with Crippen LogP contribution in [0.2, 0.25) is 0 Å². The second kappa shape index (κ2) is 8.02. The van der Waals surface area contributed by atoms with E-state index in [9.17, 15) is 4.79 Å². The molecule has 1 aromatic heterocycles. The molecule has 5 nitrogen and oxygen atoms in total. The number of nitrogens with one attached hydrogen (secondary N) is 1. The number of para-hydroxylation sites is 1. The van der Waals surface area contributed by atoms with Crippen molar-refractivity contribution in [1.82, 2.24) is 10.3 Å². The van der Waals surface area contributed by atoms with Gasteiger partial charge in [0.05, 0.1) is 7.11 Å². The number of carbonyl (C=O) groups excluding carboxylic acids is 1. The summed E-state index contributed by atoms with van der Waals surface area (Å²) in [4.78, 5) is 18.3. The van der Waals surface area contributed by atoms with E-state index in [1.807, 2.05) is 25.2 Å². The average molecular weight is 299 g/mol. The molecule has 2 rings (SSSR count). The first-order valence-electron chi connectivity index (χ1n) is 7.25. The Morgan fingerprint density at radius 3 is 2.73 bits per heavy atom. The van der Waals surface area contributed by atoms with E-state index in [0.717, 1.165) is 13.0 Å². The maximum Gasteiger partial charge on any atom is 0.256 e. The summed E-state index contributed by atoms with van der Waals surface area (Å²) >= 11 is 0. The van der Waals surface area contributed by atoms with Gasteiger partial charge in [0.25, 0.3) is 5.91 Å². The molecule has 22 heavy (non-hydrogen) atoms. The van der Waals surface area contributed by atoms with Gasteiger partial charge in [-0.1, -0.05) is 18.2 Å². The fraction of sp³-hybridized carbons (Fsp3) is 0.294. The van der Waals surface area contributed by atoms with E-state index in [2.05, 4.69) is 27.3 Å². The smallest absolute Gasteiger partial charge is 0.256 e. The lowest BCUT2D eigenvalue weighted by molar-refractivity contribution is 0.0949. The van der Waals surface area contributed by atoms with E-state index in [-0.39, 0.29) is 5.91 Å². The first kappa shape index (κ1) is 15.8. The number of benzene rings is 1. The lowest BCUT2D eigenvalue weighted by Crippen LogP contribution is -2.28. The van der Waals surface area contributed by atoms with Crippen molar-refractivity contribution >= 4 is 11.6 Å². The molecule has 0 unspecified atom stereocenters. The van der Waals surface area contributed by atoms with E-state index in [0.29, 0.717) is 18.0 Å². The molecule has 5 heteroatoms. The van der Waals surface area contributed by atoms with Gasteiger partial charge in [-0.2, -0.15) is 0 Å². The number of carbonyl (C=O) groups is 1. The molecule has 0 aliphatic rings. The largest absolute Gasteiger partial charge is 0.480 e. The van der Waals surface area contributed by atoms with E-state index in [1.165, 1.54) is 12.8 Å². The van der Waals surface area contributed by atoms with E-state index >= 15 is 0 Å². The lowest BCUT2D eigenvalue weighted by atomic mass is 10.2. The second-order valence-corrected chi connectivity index (χ2v) is 4.93. The SMILES string of the molecule is COc1ncccc1C(=O)NCCCN(C)c1ccccc1. The van der Waals surface area contributed by atoms with Gasteiger partial charge in [-0.3, -0.25) is 4.79 Å². The molecule has 0 saturated carbocycles. The molecule has 0 spiro atoms. The van der Waals surface area contributed by atoms with Crippen molar-refractivity contribution in [2.24, 2.45) is 0 Å². The number of ether oxygens (including phenoxy) is 1. The summed E-state index contributed by atoms with van der Waals surface area (Å²) in [7, 11) is 3.55. The number of pyridine rings is 1. The highest BCUT2D eigenvalue weighted by Crippen LogP contribution is 2.13. The van der Waals surface area contributed by atoms with Crippen LogP contribution >= 0.6 is 0 Å².